The van der Waals surface area contributed by atoms with Crippen LogP contribution in [0, 0.1) is 5.92 Å². The fourth-order valence-electron chi connectivity index (χ4n) is 3.27. The minimum absolute atomic E-state index is 0.120. The van der Waals surface area contributed by atoms with Gasteiger partial charge in [0.05, 0.1) is 11.7 Å². The summed E-state index contributed by atoms with van der Waals surface area (Å²) in [7, 11) is 3.50. The van der Waals surface area contributed by atoms with Crippen molar-refractivity contribution in [2.45, 2.75) is 18.7 Å². The minimum atomic E-state index is -0.274. The molecule has 1 aromatic rings. The average molecular weight is 261 g/mol. The van der Waals surface area contributed by atoms with E-state index in [1.165, 1.54) is 0 Å². The zero-order valence-corrected chi connectivity index (χ0v) is 11.3. The highest BCUT2D eigenvalue weighted by atomic mass is 16.5. The first kappa shape index (κ1) is 12.6. The van der Waals surface area contributed by atoms with Gasteiger partial charge in [-0.15, -0.1) is 0 Å². The fraction of sp³-hybridized carbons (Fsp3) is 0.571. The molecule has 2 aliphatic rings. The lowest BCUT2D eigenvalue weighted by Gasteiger charge is -2.21. The summed E-state index contributed by atoms with van der Waals surface area (Å²) in [6.45, 7) is 2.64. The molecule has 0 aliphatic carbocycles. The molecule has 0 saturated carbocycles. The molecule has 2 fully saturated rings. The Morgan fingerprint density at radius 3 is 2.95 bits per heavy atom. The molecule has 1 amide bonds. The second-order valence-corrected chi connectivity index (χ2v) is 5.35. The lowest BCUT2D eigenvalue weighted by Crippen LogP contribution is -2.36. The van der Waals surface area contributed by atoms with Gasteiger partial charge in [-0.05, 0) is 12.1 Å². The Labute approximate surface area is 113 Å². The van der Waals surface area contributed by atoms with E-state index in [4.69, 9.17) is 4.74 Å². The number of carbonyl (C=O) groups is 1. The number of nitrogens with zero attached hydrogens (tertiary/aromatic N) is 3. The Balaban J connectivity index is 1.69. The van der Waals surface area contributed by atoms with E-state index >= 15 is 0 Å². The van der Waals surface area contributed by atoms with Crippen molar-refractivity contribution in [2.75, 3.05) is 27.2 Å². The molecule has 2 aliphatic heterocycles. The number of carbonyl (C=O) groups excluding carboxylic acids is 1. The number of hydrogen-bond acceptors (Lipinski definition) is 4. The molecule has 102 valence electrons. The van der Waals surface area contributed by atoms with Crippen molar-refractivity contribution in [1.82, 2.24) is 14.8 Å². The lowest BCUT2D eigenvalue weighted by atomic mass is 10.0. The lowest BCUT2D eigenvalue weighted by molar-refractivity contribution is -0.136. The summed E-state index contributed by atoms with van der Waals surface area (Å²) in [4.78, 5) is 20.5. The Kier molecular flexibility index (Phi) is 3.24. The van der Waals surface area contributed by atoms with Crippen molar-refractivity contribution in [3.63, 3.8) is 0 Å². The summed E-state index contributed by atoms with van der Waals surface area (Å²) in [5.74, 6) is 0.404. The van der Waals surface area contributed by atoms with Crippen molar-refractivity contribution < 1.29 is 9.53 Å². The largest absolute Gasteiger partial charge is 0.371 e. The molecule has 3 heterocycles. The highest BCUT2D eigenvalue weighted by Crippen LogP contribution is 2.33. The molecule has 19 heavy (non-hydrogen) atoms. The molecule has 0 aromatic carbocycles. The number of fused-ring (bicyclic) bond motifs is 1. The molecule has 5 nitrogen and oxygen atoms in total. The van der Waals surface area contributed by atoms with E-state index in [-0.39, 0.29) is 24.0 Å². The maximum atomic E-state index is 12.0. The molecule has 5 heteroatoms. The number of likely N-dealkylation sites (N-methyl/N-ethyl adjacent to an activating group) is 1. The van der Waals surface area contributed by atoms with Crippen LogP contribution in [-0.4, -0.2) is 60.1 Å². The molecule has 0 N–H and O–H groups in total. The van der Waals surface area contributed by atoms with E-state index in [1.54, 1.807) is 7.11 Å². The predicted molar refractivity (Wildman–Crippen MR) is 70.4 cm³/mol. The van der Waals surface area contributed by atoms with E-state index in [2.05, 4.69) is 9.88 Å². The predicted octanol–water partition coefficient (Wildman–Crippen LogP) is 0.369. The van der Waals surface area contributed by atoms with Crippen molar-refractivity contribution >= 4 is 5.91 Å². The molecule has 0 bridgehead atoms. The van der Waals surface area contributed by atoms with Gasteiger partial charge in [-0.3, -0.25) is 14.7 Å². The molecular formula is C14H19N3O2. The first-order valence-corrected chi connectivity index (χ1v) is 6.62. The van der Waals surface area contributed by atoms with Gasteiger partial charge < -0.3 is 9.64 Å². The Bertz CT molecular complexity index is 465. The van der Waals surface area contributed by atoms with E-state index < -0.39 is 0 Å². The van der Waals surface area contributed by atoms with Gasteiger partial charge in [0.1, 0.15) is 6.10 Å². The van der Waals surface area contributed by atoms with E-state index in [0.717, 1.165) is 25.3 Å². The third-order valence-electron chi connectivity index (χ3n) is 4.25. The van der Waals surface area contributed by atoms with Gasteiger partial charge >= 0.3 is 0 Å². The number of amides is 1. The van der Waals surface area contributed by atoms with Crippen LogP contribution in [0.15, 0.2) is 24.4 Å². The number of aromatic nitrogens is 1. The van der Waals surface area contributed by atoms with Gasteiger partial charge in [0, 0.05) is 45.9 Å². The summed E-state index contributed by atoms with van der Waals surface area (Å²) in [5.41, 5.74) is 1.07. The van der Waals surface area contributed by atoms with Crippen LogP contribution in [0.3, 0.4) is 0 Å². The molecule has 0 spiro atoms. The van der Waals surface area contributed by atoms with Crippen LogP contribution in [0.4, 0.5) is 0 Å². The van der Waals surface area contributed by atoms with Crippen LogP contribution in [-0.2, 0) is 16.1 Å². The SMILES string of the molecule is CO[C@@H]1C(=O)N(C)[C@@H]2CN(Cc3ccccn3)C[C@H]12. The van der Waals surface area contributed by atoms with Gasteiger partial charge in [0.2, 0.25) is 0 Å². The van der Waals surface area contributed by atoms with E-state index in [0.29, 0.717) is 0 Å². The van der Waals surface area contributed by atoms with E-state index in [1.807, 2.05) is 36.3 Å². The normalized spacial score (nSPS) is 30.9. The first-order valence-electron chi connectivity index (χ1n) is 6.62. The summed E-state index contributed by atoms with van der Waals surface area (Å²) in [6.07, 6.45) is 1.54. The summed E-state index contributed by atoms with van der Waals surface area (Å²) in [5, 5.41) is 0. The maximum absolute atomic E-state index is 12.0. The maximum Gasteiger partial charge on any atom is 0.252 e. The van der Waals surface area contributed by atoms with Gasteiger partial charge in [-0.2, -0.15) is 0 Å². The number of ether oxygens (including phenoxy) is 1. The molecule has 3 atom stereocenters. The first-order chi connectivity index (χ1) is 9.20. The minimum Gasteiger partial charge on any atom is -0.371 e. The van der Waals surface area contributed by atoms with Crippen molar-refractivity contribution in [1.29, 1.82) is 0 Å². The molecule has 3 rings (SSSR count). The standard InChI is InChI=1S/C14H19N3O2/c1-16-12-9-17(7-10-5-3-4-6-15-10)8-11(12)13(19-2)14(16)18/h3-6,11-13H,7-9H2,1-2H3/t11-,12+,13-/m0/s1. The Hall–Kier alpha value is -1.46. The zero-order chi connectivity index (χ0) is 13.4. The van der Waals surface area contributed by atoms with Crippen molar-refractivity contribution in [3.05, 3.63) is 30.1 Å². The second kappa shape index (κ2) is 4.90. The fourth-order valence-corrected chi connectivity index (χ4v) is 3.27. The van der Waals surface area contributed by atoms with Gasteiger partial charge in [0.15, 0.2) is 0 Å². The van der Waals surface area contributed by atoms with E-state index in [9.17, 15) is 4.79 Å². The highest BCUT2D eigenvalue weighted by molar-refractivity contribution is 5.84. The number of rotatable bonds is 3. The number of likely N-dealkylation sites (tertiary alicyclic amines) is 2. The summed E-state index contributed by atoms with van der Waals surface area (Å²) in [6, 6.07) is 6.25. The van der Waals surface area contributed by atoms with Crippen LogP contribution in [0.1, 0.15) is 5.69 Å². The van der Waals surface area contributed by atoms with Crippen LogP contribution in [0.5, 0.6) is 0 Å². The average Bonchev–Trinajstić information content (AvgIpc) is 2.91. The summed E-state index contributed by atoms with van der Waals surface area (Å²) < 4.78 is 5.37. The van der Waals surface area contributed by atoms with Crippen molar-refractivity contribution in [2.24, 2.45) is 5.92 Å². The zero-order valence-electron chi connectivity index (χ0n) is 11.3. The number of methoxy groups -OCH3 is 1. The monoisotopic (exact) mass is 261 g/mol. The number of pyridine rings is 1. The molecule has 0 unspecified atom stereocenters. The molecule has 2 saturated heterocycles. The van der Waals surface area contributed by atoms with Crippen LogP contribution < -0.4 is 0 Å². The molecule has 1 aromatic heterocycles. The quantitative estimate of drug-likeness (QED) is 0.788. The molecular weight excluding hydrogens is 242 g/mol. The third kappa shape index (κ3) is 2.13. The Morgan fingerprint density at radius 1 is 1.42 bits per heavy atom. The third-order valence-corrected chi connectivity index (χ3v) is 4.25. The van der Waals surface area contributed by atoms with Gasteiger partial charge in [-0.25, -0.2) is 0 Å². The van der Waals surface area contributed by atoms with Crippen LogP contribution in [0.2, 0.25) is 0 Å². The molecule has 0 radical (unpaired) electrons. The number of hydrogen-bond donors (Lipinski definition) is 0. The van der Waals surface area contributed by atoms with Crippen LogP contribution in [0.25, 0.3) is 0 Å². The van der Waals surface area contributed by atoms with Crippen molar-refractivity contribution in [3.8, 4) is 0 Å². The van der Waals surface area contributed by atoms with Gasteiger partial charge in [-0.1, -0.05) is 6.07 Å². The smallest absolute Gasteiger partial charge is 0.252 e. The second-order valence-electron chi connectivity index (χ2n) is 5.35. The Morgan fingerprint density at radius 2 is 2.26 bits per heavy atom. The topological polar surface area (TPSA) is 45.7 Å². The van der Waals surface area contributed by atoms with Gasteiger partial charge in [0.25, 0.3) is 5.91 Å². The van der Waals surface area contributed by atoms with Crippen LogP contribution >= 0.6 is 0 Å². The highest BCUT2D eigenvalue weighted by Gasteiger charge is 2.51. The summed E-state index contributed by atoms with van der Waals surface area (Å²) >= 11 is 0.